The number of aromatic amines is 1. The number of carbonyl (C=O) groups is 1. The minimum atomic E-state index is -0.488. The number of rotatable bonds is 5. The second kappa shape index (κ2) is 8.77. The SMILES string of the molecule is COC(=O)C1C(c2cccc(-c3cnc4[nH]cc(-c5ccccc5OC)c4c3)c2)=CSC1N. The first kappa shape index (κ1) is 21.3. The van der Waals surface area contributed by atoms with Gasteiger partial charge in [-0.3, -0.25) is 4.79 Å². The van der Waals surface area contributed by atoms with Crippen LogP contribution in [0.5, 0.6) is 5.75 Å². The number of esters is 1. The van der Waals surface area contributed by atoms with Crippen molar-refractivity contribution in [2.45, 2.75) is 5.37 Å². The number of nitrogens with one attached hydrogen (secondary N) is 1. The Labute approximate surface area is 195 Å². The van der Waals surface area contributed by atoms with Crippen molar-refractivity contribution in [2.24, 2.45) is 11.7 Å². The van der Waals surface area contributed by atoms with Gasteiger partial charge >= 0.3 is 5.97 Å². The lowest BCUT2D eigenvalue weighted by molar-refractivity contribution is -0.143. The summed E-state index contributed by atoms with van der Waals surface area (Å²) in [6.07, 6.45) is 3.81. The number of fused-ring (bicyclic) bond motifs is 1. The van der Waals surface area contributed by atoms with Gasteiger partial charge in [-0.2, -0.15) is 0 Å². The van der Waals surface area contributed by atoms with Gasteiger partial charge in [0.25, 0.3) is 0 Å². The van der Waals surface area contributed by atoms with E-state index >= 15 is 0 Å². The number of ether oxygens (including phenoxy) is 2. The molecule has 0 bridgehead atoms. The molecule has 7 heteroatoms. The van der Waals surface area contributed by atoms with Crippen LogP contribution in [0.1, 0.15) is 5.56 Å². The Bertz CT molecular complexity index is 1380. The Morgan fingerprint density at radius 1 is 1.03 bits per heavy atom. The molecule has 0 spiro atoms. The molecule has 4 aromatic rings. The van der Waals surface area contributed by atoms with Crippen LogP contribution in [0.15, 0.2) is 72.4 Å². The van der Waals surface area contributed by atoms with Crippen LogP contribution >= 0.6 is 11.8 Å². The summed E-state index contributed by atoms with van der Waals surface area (Å²) in [7, 11) is 3.06. The number of hydrogen-bond donors (Lipinski definition) is 2. The van der Waals surface area contributed by atoms with E-state index in [4.69, 9.17) is 15.2 Å². The first-order valence-corrected chi connectivity index (χ1v) is 11.4. The summed E-state index contributed by atoms with van der Waals surface area (Å²) >= 11 is 1.45. The van der Waals surface area contributed by atoms with E-state index in [1.54, 1.807) is 7.11 Å². The van der Waals surface area contributed by atoms with Crippen LogP contribution in [-0.4, -0.2) is 35.5 Å². The fourth-order valence-electron chi connectivity index (χ4n) is 4.25. The molecule has 3 N–H and O–H groups in total. The molecule has 166 valence electrons. The molecular weight excluding hydrogens is 434 g/mol. The highest BCUT2D eigenvalue weighted by Gasteiger charge is 2.35. The van der Waals surface area contributed by atoms with Gasteiger partial charge in [-0.25, -0.2) is 4.98 Å². The third-order valence-corrected chi connectivity index (χ3v) is 6.90. The van der Waals surface area contributed by atoms with Gasteiger partial charge in [0.2, 0.25) is 0 Å². The quantitative estimate of drug-likeness (QED) is 0.407. The van der Waals surface area contributed by atoms with Crippen molar-refractivity contribution in [2.75, 3.05) is 14.2 Å². The number of methoxy groups -OCH3 is 2. The predicted octanol–water partition coefficient (Wildman–Crippen LogP) is 5.07. The Morgan fingerprint density at radius 2 is 1.85 bits per heavy atom. The van der Waals surface area contributed by atoms with Crippen LogP contribution in [0.4, 0.5) is 0 Å². The van der Waals surface area contributed by atoms with Crippen LogP contribution < -0.4 is 10.5 Å². The topological polar surface area (TPSA) is 90.2 Å². The Kier molecular flexibility index (Phi) is 5.66. The van der Waals surface area contributed by atoms with E-state index < -0.39 is 5.92 Å². The Hall–Kier alpha value is -3.55. The highest BCUT2D eigenvalue weighted by atomic mass is 32.2. The summed E-state index contributed by atoms with van der Waals surface area (Å²) in [5, 5.41) is 2.61. The summed E-state index contributed by atoms with van der Waals surface area (Å²) in [6.45, 7) is 0. The van der Waals surface area contributed by atoms with E-state index in [9.17, 15) is 4.79 Å². The van der Waals surface area contributed by atoms with Gasteiger partial charge in [-0.15, -0.1) is 11.8 Å². The minimum Gasteiger partial charge on any atom is -0.496 e. The number of thioether (sulfide) groups is 1. The molecule has 6 nitrogen and oxygen atoms in total. The minimum absolute atomic E-state index is 0.319. The third kappa shape index (κ3) is 3.79. The maximum Gasteiger partial charge on any atom is 0.315 e. The molecule has 5 rings (SSSR count). The summed E-state index contributed by atoms with van der Waals surface area (Å²) in [6, 6.07) is 18.1. The fourth-order valence-corrected chi connectivity index (χ4v) is 5.25. The van der Waals surface area contributed by atoms with E-state index in [0.29, 0.717) is 0 Å². The zero-order valence-corrected chi connectivity index (χ0v) is 19.1. The predicted molar refractivity (Wildman–Crippen MR) is 133 cm³/mol. The van der Waals surface area contributed by atoms with Crippen molar-refractivity contribution in [3.63, 3.8) is 0 Å². The van der Waals surface area contributed by atoms with Gasteiger partial charge in [-0.05, 0) is 40.3 Å². The highest BCUT2D eigenvalue weighted by Crippen LogP contribution is 2.41. The van der Waals surface area contributed by atoms with Gasteiger partial charge in [0, 0.05) is 34.5 Å². The van der Waals surface area contributed by atoms with Gasteiger partial charge in [0.15, 0.2) is 0 Å². The maximum absolute atomic E-state index is 12.3. The molecule has 2 aromatic heterocycles. The molecule has 0 radical (unpaired) electrons. The van der Waals surface area contributed by atoms with Crippen molar-refractivity contribution in [3.8, 4) is 28.0 Å². The van der Waals surface area contributed by atoms with Crippen molar-refractivity contribution in [3.05, 3.63) is 78.0 Å². The van der Waals surface area contributed by atoms with Crippen LogP contribution in [-0.2, 0) is 9.53 Å². The Morgan fingerprint density at radius 3 is 2.67 bits per heavy atom. The monoisotopic (exact) mass is 457 g/mol. The first-order valence-electron chi connectivity index (χ1n) is 10.5. The number of pyridine rings is 1. The van der Waals surface area contributed by atoms with Crippen LogP contribution in [0, 0.1) is 5.92 Å². The molecular formula is C26H23N3O3S. The van der Waals surface area contributed by atoms with Crippen LogP contribution in [0.2, 0.25) is 0 Å². The summed E-state index contributed by atoms with van der Waals surface area (Å²) in [5.74, 6) is 0.000325. The van der Waals surface area contributed by atoms with Crippen LogP contribution in [0.3, 0.4) is 0 Å². The molecule has 33 heavy (non-hydrogen) atoms. The van der Waals surface area contributed by atoms with Gasteiger partial charge in [0.05, 0.1) is 19.6 Å². The number of benzene rings is 2. The van der Waals surface area contributed by atoms with E-state index in [1.165, 1.54) is 18.9 Å². The second-order valence-corrected chi connectivity index (χ2v) is 8.83. The molecule has 1 aliphatic rings. The van der Waals surface area contributed by atoms with E-state index in [2.05, 4.69) is 22.1 Å². The number of aromatic nitrogens is 2. The first-order chi connectivity index (χ1) is 16.1. The molecule has 0 fully saturated rings. The zero-order valence-electron chi connectivity index (χ0n) is 18.2. The number of para-hydroxylation sites is 1. The second-order valence-electron chi connectivity index (χ2n) is 7.78. The van der Waals surface area contributed by atoms with E-state index in [1.807, 2.05) is 60.3 Å². The summed E-state index contributed by atoms with van der Waals surface area (Å²) in [4.78, 5) is 20.2. The highest BCUT2D eigenvalue weighted by molar-refractivity contribution is 8.03. The number of nitrogens with two attached hydrogens (primary N) is 1. The lowest BCUT2D eigenvalue weighted by Gasteiger charge is -2.17. The molecule has 2 atom stereocenters. The van der Waals surface area contributed by atoms with Crippen molar-refractivity contribution < 1.29 is 14.3 Å². The maximum atomic E-state index is 12.3. The van der Waals surface area contributed by atoms with Gasteiger partial charge < -0.3 is 20.2 Å². The molecule has 2 aromatic carbocycles. The molecule has 0 amide bonds. The smallest absolute Gasteiger partial charge is 0.315 e. The molecule has 0 saturated heterocycles. The molecule has 1 aliphatic heterocycles. The zero-order chi connectivity index (χ0) is 22.9. The normalized spacial score (nSPS) is 17.7. The number of carbonyl (C=O) groups excluding carboxylic acids is 1. The molecule has 0 aliphatic carbocycles. The number of H-pyrrole nitrogens is 1. The van der Waals surface area contributed by atoms with Crippen molar-refractivity contribution in [1.29, 1.82) is 0 Å². The summed E-state index contributed by atoms with van der Waals surface area (Å²) in [5.41, 5.74) is 12.8. The van der Waals surface area contributed by atoms with Gasteiger partial charge in [-0.1, -0.05) is 36.4 Å². The summed E-state index contributed by atoms with van der Waals surface area (Å²) < 4.78 is 10.6. The standard InChI is InChI=1S/C26H23N3O3S/c1-31-22-9-4-3-8-18(22)20-13-29-25-19(20)11-17(12-28-25)15-6-5-7-16(10-15)21-14-33-24(27)23(21)26(30)32-2/h3-14,23-24H,27H2,1-2H3,(H,28,29). The average molecular weight is 458 g/mol. The largest absolute Gasteiger partial charge is 0.496 e. The third-order valence-electron chi connectivity index (χ3n) is 5.93. The van der Waals surface area contributed by atoms with Crippen LogP contribution in [0.25, 0.3) is 38.9 Å². The molecule has 3 heterocycles. The number of hydrogen-bond acceptors (Lipinski definition) is 6. The molecule has 0 saturated carbocycles. The number of nitrogens with zero attached hydrogens (tertiary/aromatic N) is 1. The fraction of sp³-hybridized carbons (Fsp3) is 0.154. The van der Waals surface area contributed by atoms with Gasteiger partial charge in [0.1, 0.15) is 17.3 Å². The Balaban J connectivity index is 1.56. The van der Waals surface area contributed by atoms with Crippen molar-refractivity contribution >= 4 is 34.3 Å². The lowest BCUT2D eigenvalue weighted by atomic mass is 9.91. The van der Waals surface area contributed by atoms with E-state index in [0.717, 1.165) is 50.2 Å². The average Bonchev–Trinajstić information content (AvgIpc) is 3.46. The van der Waals surface area contributed by atoms with E-state index in [-0.39, 0.29) is 11.3 Å². The van der Waals surface area contributed by atoms with Crippen molar-refractivity contribution in [1.82, 2.24) is 9.97 Å². The lowest BCUT2D eigenvalue weighted by Crippen LogP contribution is -2.31. The molecule has 2 unspecified atom stereocenters.